The minimum absolute atomic E-state index is 0.0837. The Morgan fingerprint density at radius 3 is 2.33 bits per heavy atom. The minimum atomic E-state index is -0.598. The predicted molar refractivity (Wildman–Crippen MR) is 137 cm³/mol. The molecule has 0 aliphatic carbocycles. The second kappa shape index (κ2) is 12.7. The lowest BCUT2D eigenvalue weighted by molar-refractivity contribution is -0.384. The maximum Gasteiger partial charge on any atom is 0.272 e. The number of methoxy groups -OCH3 is 1. The Kier molecular flexibility index (Phi) is 9.16. The number of nitro benzene ring substituents is 1. The van der Waals surface area contributed by atoms with Crippen molar-refractivity contribution in [2.45, 2.75) is 19.8 Å². The number of carbonyl (C=O) groups is 2. The van der Waals surface area contributed by atoms with Gasteiger partial charge in [0.2, 0.25) is 0 Å². The number of hydrogen-bond donors (Lipinski definition) is 2. The molecule has 2 amide bonds. The van der Waals surface area contributed by atoms with Gasteiger partial charge in [0.25, 0.3) is 17.5 Å². The molecule has 0 spiro atoms. The molecule has 9 heteroatoms. The summed E-state index contributed by atoms with van der Waals surface area (Å²) in [6, 6.07) is 19.0. The Labute approximate surface area is 208 Å². The van der Waals surface area contributed by atoms with E-state index in [-0.39, 0.29) is 11.4 Å². The molecule has 2 N–H and O–H groups in total. The molecule has 0 saturated carbocycles. The van der Waals surface area contributed by atoms with Crippen LogP contribution in [0.15, 0.2) is 78.5 Å². The SMILES string of the molecule is CCCCOc1ccc(C(=O)N/C(=C/c2cccc([N+](=O)[O-])c2)C(=O)Nc2ccc(OC)cc2)cc1. The largest absolute Gasteiger partial charge is 0.497 e. The third-order valence-electron chi connectivity index (χ3n) is 5.12. The maximum absolute atomic E-state index is 13.1. The summed E-state index contributed by atoms with van der Waals surface area (Å²) in [6.45, 7) is 2.66. The number of hydrogen-bond acceptors (Lipinski definition) is 6. The van der Waals surface area contributed by atoms with Crippen molar-refractivity contribution in [2.75, 3.05) is 19.0 Å². The fourth-order valence-corrected chi connectivity index (χ4v) is 3.16. The van der Waals surface area contributed by atoms with E-state index >= 15 is 0 Å². The number of amides is 2. The molecule has 3 aromatic rings. The predicted octanol–water partition coefficient (Wildman–Crippen LogP) is 5.19. The number of nitrogens with one attached hydrogen (secondary N) is 2. The fraction of sp³-hybridized carbons (Fsp3) is 0.185. The van der Waals surface area contributed by atoms with Crippen molar-refractivity contribution in [3.8, 4) is 11.5 Å². The van der Waals surface area contributed by atoms with Gasteiger partial charge in [-0.05, 0) is 66.6 Å². The number of nitro groups is 1. The van der Waals surface area contributed by atoms with Crippen LogP contribution in [0.4, 0.5) is 11.4 Å². The number of non-ortho nitro benzene ring substituents is 1. The molecule has 9 nitrogen and oxygen atoms in total. The van der Waals surface area contributed by atoms with Gasteiger partial charge in [0, 0.05) is 23.4 Å². The first-order chi connectivity index (χ1) is 17.4. The second-order valence-corrected chi connectivity index (χ2v) is 7.77. The highest BCUT2D eigenvalue weighted by atomic mass is 16.6. The Balaban J connectivity index is 1.83. The zero-order valence-electron chi connectivity index (χ0n) is 20.0. The molecule has 0 unspecified atom stereocenters. The molecule has 3 aromatic carbocycles. The number of unbranched alkanes of at least 4 members (excludes halogenated alkanes) is 1. The van der Waals surface area contributed by atoms with Crippen LogP contribution in [0, 0.1) is 10.1 Å². The molecule has 36 heavy (non-hydrogen) atoms. The molecule has 0 radical (unpaired) electrons. The van der Waals surface area contributed by atoms with Gasteiger partial charge in [-0.3, -0.25) is 19.7 Å². The third-order valence-corrected chi connectivity index (χ3v) is 5.12. The zero-order valence-corrected chi connectivity index (χ0v) is 20.0. The number of ether oxygens (including phenoxy) is 2. The number of carbonyl (C=O) groups excluding carboxylic acids is 2. The minimum Gasteiger partial charge on any atom is -0.497 e. The van der Waals surface area contributed by atoms with Crippen LogP contribution in [0.1, 0.15) is 35.7 Å². The fourth-order valence-electron chi connectivity index (χ4n) is 3.16. The molecule has 0 bridgehead atoms. The van der Waals surface area contributed by atoms with Gasteiger partial charge in [-0.25, -0.2) is 0 Å². The lowest BCUT2D eigenvalue weighted by Gasteiger charge is -2.12. The summed E-state index contributed by atoms with van der Waals surface area (Å²) in [5, 5.41) is 16.5. The molecule has 0 atom stereocenters. The average molecular weight is 490 g/mol. The molecule has 3 rings (SSSR count). The van der Waals surface area contributed by atoms with Gasteiger partial charge in [0.1, 0.15) is 17.2 Å². The van der Waals surface area contributed by atoms with Crippen molar-refractivity contribution in [1.82, 2.24) is 5.32 Å². The van der Waals surface area contributed by atoms with Crippen LogP contribution < -0.4 is 20.1 Å². The Bertz CT molecular complexity index is 1240. The van der Waals surface area contributed by atoms with Gasteiger partial charge in [0.05, 0.1) is 18.6 Å². The highest BCUT2D eigenvalue weighted by Gasteiger charge is 2.16. The third kappa shape index (κ3) is 7.42. The topological polar surface area (TPSA) is 120 Å². The molecule has 186 valence electrons. The number of nitrogens with zero attached hydrogens (tertiary/aromatic N) is 1. The van der Waals surface area contributed by atoms with E-state index in [0.29, 0.717) is 34.9 Å². The van der Waals surface area contributed by atoms with Crippen LogP contribution in [0.3, 0.4) is 0 Å². The van der Waals surface area contributed by atoms with E-state index in [2.05, 4.69) is 17.6 Å². The van der Waals surface area contributed by atoms with Crippen molar-refractivity contribution in [2.24, 2.45) is 0 Å². The normalized spacial score (nSPS) is 10.9. The van der Waals surface area contributed by atoms with Crippen molar-refractivity contribution < 1.29 is 24.0 Å². The lowest BCUT2D eigenvalue weighted by atomic mass is 10.1. The van der Waals surface area contributed by atoms with E-state index in [0.717, 1.165) is 12.8 Å². The molecule has 0 aliphatic rings. The standard InChI is InChI=1S/C27H27N3O6/c1-3-4-16-36-24-12-8-20(9-13-24)26(31)29-25(18-19-6-5-7-22(17-19)30(33)34)27(32)28-21-10-14-23(35-2)15-11-21/h5-15,17-18H,3-4,16H2,1-2H3,(H,28,32)(H,29,31)/b25-18+. The van der Waals surface area contributed by atoms with Crippen LogP contribution >= 0.6 is 0 Å². The summed E-state index contributed by atoms with van der Waals surface area (Å²) in [5.41, 5.74) is 0.959. The highest BCUT2D eigenvalue weighted by Crippen LogP contribution is 2.19. The van der Waals surface area contributed by atoms with Gasteiger partial charge >= 0.3 is 0 Å². The van der Waals surface area contributed by atoms with E-state index in [1.165, 1.54) is 31.4 Å². The molecule has 0 aliphatic heterocycles. The Morgan fingerprint density at radius 2 is 1.69 bits per heavy atom. The summed E-state index contributed by atoms with van der Waals surface area (Å²) in [7, 11) is 1.53. The van der Waals surface area contributed by atoms with E-state index in [9.17, 15) is 19.7 Å². The van der Waals surface area contributed by atoms with Crippen LogP contribution in [0.5, 0.6) is 11.5 Å². The summed E-state index contributed by atoms with van der Waals surface area (Å²) in [5.74, 6) is 0.150. The molecule has 0 aromatic heterocycles. The van der Waals surface area contributed by atoms with E-state index in [1.807, 2.05) is 0 Å². The van der Waals surface area contributed by atoms with Gasteiger partial charge in [-0.2, -0.15) is 0 Å². The smallest absolute Gasteiger partial charge is 0.272 e. The first kappa shape index (κ1) is 26.0. The van der Waals surface area contributed by atoms with Crippen LogP contribution in [-0.4, -0.2) is 30.5 Å². The molecule has 0 saturated heterocycles. The number of rotatable bonds is 11. The maximum atomic E-state index is 13.1. The van der Waals surface area contributed by atoms with Crippen LogP contribution in [0.2, 0.25) is 0 Å². The van der Waals surface area contributed by atoms with Crippen LogP contribution in [-0.2, 0) is 4.79 Å². The molecular formula is C27H27N3O6. The van der Waals surface area contributed by atoms with Crippen molar-refractivity contribution in [1.29, 1.82) is 0 Å². The number of benzene rings is 3. The summed E-state index contributed by atoms with van der Waals surface area (Å²) in [6.07, 6.45) is 3.32. The van der Waals surface area contributed by atoms with Crippen molar-refractivity contribution in [3.63, 3.8) is 0 Å². The highest BCUT2D eigenvalue weighted by molar-refractivity contribution is 6.10. The quantitative estimate of drug-likeness (QED) is 0.165. The summed E-state index contributed by atoms with van der Waals surface area (Å²) in [4.78, 5) is 36.6. The molecule has 0 fully saturated rings. The van der Waals surface area contributed by atoms with Crippen molar-refractivity contribution in [3.05, 3.63) is 99.7 Å². The second-order valence-electron chi connectivity index (χ2n) is 7.77. The average Bonchev–Trinajstić information content (AvgIpc) is 2.89. The first-order valence-corrected chi connectivity index (χ1v) is 11.4. The van der Waals surface area contributed by atoms with Gasteiger partial charge in [0.15, 0.2) is 0 Å². The van der Waals surface area contributed by atoms with Gasteiger partial charge in [-0.15, -0.1) is 0 Å². The van der Waals surface area contributed by atoms with E-state index in [1.54, 1.807) is 54.6 Å². The van der Waals surface area contributed by atoms with E-state index < -0.39 is 16.7 Å². The molecular weight excluding hydrogens is 462 g/mol. The Morgan fingerprint density at radius 1 is 1.00 bits per heavy atom. The summed E-state index contributed by atoms with van der Waals surface area (Å²) < 4.78 is 10.7. The van der Waals surface area contributed by atoms with E-state index in [4.69, 9.17) is 9.47 Å². The van der Waals surface area contributed by atoms with Crippen LogP contribution in [0.25, 0.3) is 6.08 Å². The molecule has 0 heterocycles. The lowest BCUT2D eigenvalue weighted by Crippen LogP contribution is -2.30. The van der Waals surface area contributed by atoms with Crippen molar-refractivity contribution >= 4 is 29.3 Å². The Hall–Kier alpha value is -4.66. The zero-order chi connectivity index (χ0) is 25.9. The van der Waals surface area contributed by atoms with Gasteiger partial charge in [-0.1, -0.05) is 25.5 Å². The van der Waals surface area contributed by atoms with Gasteiger partial charge < -0.3 is 20.1 Å². The summed E-state index contributed by atoms with van der Waals surface area (Å²) >= 11 is 0. The monoisotopic (exact) mass is 489 g/mol. The number of anilines is 1. The first-order valence-electron chi connectivity index (χ1n) is 11.4.